The van der Waals surface area contributed by atoms with Crippen molar-refractivity contribution in [3.63, 3.8) is 0 Å². The van der Waals surface area contributed by atoms with E-state index in [0.29, 0.717) is 22.4 Å². The molecule has 5 nitrogen and oxygen atoms in total. The van der Waals surface area contributed by atoms with Crippen LogP contribution in [0, 0.1) is 5.82 Å². The zero-order valence-corrected chi connectivity index (χ0v) is 20.2. The standard InChI is InChI=1S/C23H25BrClFN4O/c1-22(2)10-13(11-23(3,4)30-22)27-21(31)12-5-6-14(15(24)7-12)20-28-18-8-16(25)17(26)9-19(18)29-20/h5-9,13,30H,10-11H2,1-4H3,(H,27,31)(H,28,29). The quantitative estimate of drug-likeness (QED) is 0.418. The number of rotatable bonds is 3. The van der Waals surface area contributed by atoms with E-state index >= 15 is 0 Å². The molecule has 8 heteroatoms. The molecule has 1 aliphatic rings. The van der Waals surface area contributed by atoms with Crippen molar-refractivity contribution in [2.45, 2.75) is 57.7 Å². The highest BCUT2D eigenvalue weighted by molar-refractivity contribution is 9.10. The van der Waals surface area contributed by atoms with E-state index in [1.165, 1.54) is 12.1 Å². The predicted molar refractivity (Wildman–Crippen MR) is 126 cm³/mol. The Labute approximate surface area is 194 Å². The van der Waals surface area contributed by atoms with E-state index in [0.717, 1.165) is 22.9 Å². The molecular weight excluding hydrogens is 483 g/mol. The topological polar surface area (TPSA) is 69.8 Å². The largest absolute Gasteiger partial charge is 0.349 e. The summed E-state index contributed by atoms with van der Waals surface area (Å²) in [7, 11) is 0. The van der Waals surface area contributed by atoms with Crippen molar-refractivity contribution in [1.82, 2.24) is 20.6 Å². The van der Waals surface area contributed by atoms with E-state index in [9.17, 15) is 9.18 Å². The Morgan fingerprint density at radius 3 is 2.52 bits per heavy atom. The summed E-state index contributed by atoms with van der Waals surface area (Å²) in [6, 6.07) is 8.28. The molecule has 3 aromatic rings. The molecule has 0 unspecified atom stereocenters. The van der Waals surface area contributed by atoms with Crippen LogP contribution in [0.5, 0.6) is 0 Å². The molecular formula is C23H25BrClFN4O. The van der Waals surface area contributed by atoms with Crippen molar-refractivity contribution in [2.75, 3.05) is 0 Å². The normalized spacial score (nSPS) is 18.3. The van der Waals surface area contributed by atoms with Gasteiger partial charge in [-0.15, -0.1) is 0 Å². The van der Waals surface area contributed by atoms with Gasteiger partial charge in [0.1, 0.15) is 11.6 Å². The second kappa shape index (κ2) is 7.87. The number of piperidine rings is 1. The SMILES string of the molecule is CC1(C)CC(NC(=O)c2ccc(-c3nc4cc(Cl)c(F)cc4[nH]3)c(Br)c2)CC(C)(C)N1. The summed E-state index contributed by atoms with van der Waals surface area (Å²) in [6.45, 7) is 8.63. The van der Waals surface area contributed by atoms with Gasteiger partial charge < -0.3 is 15.6 Å². The molecule has 0 saturated carbocycles. The van der Waals surface area contributed by atoms with E-state index in [1.54, 1.807) is 12.1 Å². The minimum atomic E-state index is -0.500. The Morgan fingerprint density at radius 2 is 1.87 bits per heavy atom. The monoisotopic (exact) mass is 506 g/mol. The van der Waals surface area contributed by atoms with Gasteiger partial charge in [0.15, 0.2) is 0 Å². The Morgan fingerprint density at radius 1 is 1.19 bits per heavy atom. The lowest BCUT2D eigenvalue weighted by atomic mass is 9.79. The molecule has 0 atom stereocenters. The predicted octanol–water partition coefficient (Wildman–Crippen LogP) is 5.82. The van der Waals surface area contributed by atoms with Crippen molar-refractivity contribution >= 4 is 44.5 Å². The van der Waals surface area contributed by atoms with Crippen LogP contribution in [-0.4, -0.2) is 33.0 Å². The van der Waals surface area contributed by atoms with Crippen LogP contribution < -0.4 is 10.6 Å². The van der Waals surface area contributed by atoms with Crippen LogP contribution in [0.2, 0.25) is 5.02 Å². The number of aromatic amines is 1. The first-order valence-corrected chi connectivity index (χ1v) is 11.3. The van der Waals surface area contributed by atoms with Crippen molar-refractivity contribution in [1.29, 1.82) is 0 Å². The maximum absolute atomic E-state index is 13.7. The Balaban J connectivity index is 1.55. The van der Waals surface area contributed by atoms with Crippen molar-refractivity contribution in [3.8, 4) is 11.4 Å². The number of hydrogen-bond acceptors (Lipinski definition) is 3. The van der Waals surface area contributed by atoms with E-state index < -0.39 is 5.82 Å². The zero-order chi connectivity index (χ0) is 22.6. The van der Waals surface area contributed by atoms with E-state index in [2.05, 4.69) is 64.2 Å². The molecule has 2 aromatic carbocycles. The van der Waals surface area contributed by atoms with Gasteiger partial charge in [-0.1, -0.05) is 27.5 Å². The molecule has 1 fully saturated rings. The smallest absolute Gasteiger partial charge is 0.251 e. The third kappa shape index (κ3) is 4.78. The molecule has 3 N–H and O–H groups in total. The highest BCUT2D eigenvalue weighted by atomic mass is 79.9. The van der Waals surface area contributed by atoms with Crippen LogP contribution in [0.1, 0.15) is 50.9 Å². The van der Waals surface area contributed by atoms with Gasteiger partial charge in [-0.3, -0.25) is 4.79 Å². The molecule has 1 aromatic heterocycles. The number of amides is 1. The molecule has 0 aliphatic carbocycles. The maximum atomic E-state index is 13.7. The first-order chi connectivity index (χ1) is 14.4. The summed E-state index contributed by atoms with van der Waals surface area (Å²) in [6.07, 6.45) is 1.72. The third-order valence-electron chi connectivity index (χ3n) is 5.54. The molecule has 1 aliphatic heterocycles. The lowest BCUT2D eigenvalue weighted by molar-refractivity contribution is 0.0873. The summed E-state index contributed by atoms with van der Waals surface area (Å²) >= 11 is 9.41. The summed E-state index contributed by atoms with van der Waals surface area (Å²) in [4.78, 5) is 20.5. The number of fused-ring (bicyclic) bond motifs is 1. The molecule has 0 spiro atoms. The van der Waals surface area contributed by atoms with Gasteiger partial charge in [-0.05, 0) is 64.8 Å². The highest BCUT2D eigenvalue weighted by Gasteiger charge is 2.38. The van der Waals surface area contributed by atoms with Crippen molar-refractivity contribution < 1.29 is 9.18 Å². The molecule has 1 saturated heterocycles. The number of carbonyl (C=O) groups excluding carboxylic acids is 1. The number of carbonyl (C=O) groups is 1. The Hall–Kier alpha value is -1.96. The minimum Gasteiger partial charge on any atom is -0.349 e. The Kier molecular flexibility index (Phi) is 5.65. The van der Waals surface area contributed by atoms with Crippen LogP contribution >= 0.6 is 27.5 Å². The molecule has 4 rings (SSSR count). The first kappa shape index (κ1) is 22.2. The van der Waals surface area contributed by atoms with Gasteiger partial charge >= 0.3 is 0 Å². The lowest BCUT2D eigenvalue weighted by Gasteiger charge is -2.46. The van der Waals surface area contributed by atoms with Gasteiger partial charge in [0.25, 0.3) is 5.91 Å². The number of nitrogens with zero attached hydrogens (tertiary/aromatic N) is 1. The van der Waals surface area contributed by atoms with Crippen LogP contribution in [0.4, 0.5) is 4.39 Å². The zero-order valence-electron chi connectivity index (χ0n) is 17.9. The first-order valence-electron chi connectivity index (χ1n) is 10.2. The second-order valence-corrected chi connectivity index (χ2v) is 10.8. The number of halogens is 3. The van der Waals surface area contributed by atoms with Gasteiger partial charge in [0.05, 0.1) is 16.1 Å². The molecule has 2 heterocycles. The number of benzene rings is 2. The van der Waals surface area contributed by atoms with Gasteiger partial charge in [-0.25, -0.2) is 9.37 Å². The molecule has 31 heavy (non-hydrogen) atoms. The van der Waals surface area contributed by atoms with Crippen LogP contribution in [0.25, 0.3) is 22.4 Å². The number of imidazole rings is 1. The van der Waals surface area contributed by atoms with Crippen molar-refractivity contribution in [2.24, 2.45) is 0 Å². The molecule has 164 valence electrons. The van der Waals surface area contributed by atoms with Gasteiger partial charge in [0, 0.05) is 38.8 Å². The van der Waals surface area contributed by atoms with Crippen LogP contribution in [-0.2, 0) is 0 Å². The average Bonchev–Trinajstić information content (AvgIpc) is 3.01. The van der Waals surface area contributed by atoms with Crippen LogP contribution in [0.3, 0.4) is 0 Å². The fraction of sp³-hybridized carbons (Fsp3) is 0.391. The maximum Gasteiger partial charge on any atom is 0.251 e. The summed E-state index contributed by atoms with van der Waals surface area (Å²) in [5.41, 5.74) is 2.37. The van der Waals surface area contributed by atoms with E-state index in [-0.39, 0.29) is 28.0 Å². The number of aromatic nitrogens is 2. The fourth-order valence-corrected chi connectivity index (χ4v) is 5.40. The van der Waals surface area contributed by atoms with E-state index in [1.807, 2.05) is 6.07 Å². The van der Waals surface area contributed by atoms with Gasteiger partial charge in [-0.2, -0.15) is 0 Å². The van der Waals surface area contributed by atoms with Gasteiger partial charge in [0.2, 0.25) is 0 Å². The number of hydrogen-bond donors (Lipinski definition) is 3. The highest BCUT2D eigenvalue weighted by Crippen LogP contribution is 2.31. The summed E-state index contributed by atoms with van der Waals surface area (Å²) < 4.78 is 14.5. The lowest BCUT2D eigenvalue weighted by Crippen LogP contribution is -2.62. The van der Waals surface area contributed by atoms with Crippen LogP contribution in [0.15, 0.2) is 34.8 Å². The summed E-state index contributed by atoms with van der Waals surface area (Å²) in [5, 5.41) is 6.84. The van der Waals surface area contributed by atoms with E-state index in [4.69, 9.17) is 11.6 Å². The molecule has 1 amide bonds. The Bertz CT molecular complexity index is 1120. The average molecular weight is 508 g/mol. The fourth-order valence-electron chi connectivity index (χ4n) is 4.67. The third-order valence-corrected chi connectivity index (χ3v) is 6.48. The summed E-state index contributed by atoms with van der Waals surface area (Å²) in [5.74, 6) is -0.0405. The second-order valence-electron chi connectivity index (χ2n) is 9.53. The molecule has 0 bridgehead atoms. The minimum absolute atomic E-state index is 0.0286. The molecule has 0 radical (unpaired) electrons. The number of H-pyrrole nitrogens is 1. The van der Waals surface area contributed by atoms with Crippen molar-refractivity contribution in [3.05, 3.63) is 51.2 Å². The number of nitrogens with one attached hydrogen (secondary N) is 3.